The Morgan fingerprint density at radius 3 is 2.64 bits per heavy atom. The van der Waals surface area contributed by atoms with Crippen molar-refractivity contribution in [2.75, 3.05) is 17.7 Å². The number of ketones is 1. The lowest BCUT2D eigenvalue weighted by atomic mass is 10.2. The number of rotatable bonds is 6. The first-order valence-corrected chi connectivity index (χ1v) is 10.2. The third-order valence-electron chi connectivity index (χ3n) is 3.86. The van der Waals surface area contributed by atoms with E-state index in [-0.39, 0.29) is 24.1 Å². The minimum Gasteiger partial charge on any atom is -0.485 e. The van der Waals surface area contributed by atoms with Gasteiger partial charge in [0, 0.05) is 5.56 Å². The molecule has 1 aromatic heterocycles. The van der Waals surface area contributed by atoms with Crippen molar-refractivity contribution in [3.63, 3.8) is 0 Å². The van der Waals surface area contributed by atoms with Crippen LogP contribution in [0, 0.1) is 0 Å². The van der Waals surface area contributed by atoms with Crippen LogP contribution in [-0.4, -0.2) is 40.4 Å². The van der Waals surface area contributed by atoms with Gasteiger partial charge < -0.3 is 9.47 Å². The number of thioether (sulfide) groups is 1. The largest absolute Gasteiger partial charge is 0.485 e. The summed E-state index contributed by atoms with van der Waals surface area (Å²) in [5.41, 5.74) is 0.655. The van der Waals surface area contributed by atoms with Crippen LogP contribution in [0.25, 0.3) is 0 Å². The Morgan fingerprint density at radius 2 is 1.82 bits per heavy atom. The molecule has 1 aliphatic rings. The molecule has 28 heavy (non-hydrogen) atoms. The molecule has 0 radical (unpaired) electrons. The quantitative estimate of drug-likeness (QED) is 0.377. The molecule has 0 aliphatic carbocycles. The number of ether oxygens (including phenoxy) is 2. The number of carbonyl (C=O) groups excluding carboxylic acids is 2. The number of hydrogen-bond acceptors (Lipinski definition) is 8. The van der Waals surface area contributed by atoms with E-state index in [0.29, 0.717) is 26.5 Å². The smallest absolute Gasteiger partial charge is 0.270 e. The number of nitrogens with one attached hydrogen (secondary N) is 1. The van der Waals surface area contributed by atoms with Crippen molar-refractivity contribution in [3.05, 3.63) is 60.2 Å². The van der Waals surface area contributed by atoms with Gasteiger partial charge in [-0.2, -0.15) is 0 Å². The number of aromatic nitrogens is 2. The van der Waals surface area contributed by atoms with E-state index < -0.39 is 6.10 Å². The summed E-state index contributed by atoms with van der Waals surface area (Å²) >= 11 is 2.49. The molecule has 0 unspecified atom stereocenters. The third-order valence-corrected chi connectivity index (χ3v) is 5.83. The minimum atomic E-state index is -0.769. The zero-order chi connectivity index (χ0) is 19.3. The first-order valence-electron chi connectivity index (χ1n) is 8.43. The summed E-state index contributed by atoms with van der Waals surface area (Å²) in [6, 6.07) is 16.3. The molecule has 7 nitrogen and oxygen atoms in total. The summed E-state index contributed by atoms with van der Waals surface area (Å²) in [5, 5.41) is 11.0. The summed E-state index contributed by atoms with van der Waals surface area (Å²) in [6.45, 7) is 0.120. The molecule has 1 atom stereocenters. The van der Waals surface area contributed by atoms with Crippen molar-refractivity contribution in [1.29, 1.82) is 0 Å². The van der Waals surface area contributed by atoms with Gasteiger partial charge in [0.1, 0.15) is 6.61 Å². The van der Waals surface area contributed by atoms with Gasteiger partial charge in [0.05, 0.1) is 5.75 Å². The number of anilines is 1. The second-order valence-electron chi connectivity index (χ2n) is 5.80. The molecule has 0 spiro atoms. The van der Waals surface area contributed by atoms with Gasteiger partial charge in [0.15, 0.2) is 21.6 Å². The Balaban J connectivity index is 1.31. The molecule has 0 saturated heterocycles. The Kier molecular flexibility index (Phi) is 5.54. The summed E-state index contributed by atoms with van der Waals surface area (Å²) in [6.07, 6.45) is -0.769. The van der Waals surface area contributed by atoms with Crippen LogP contribution in [0.4, 0.5) is 5.13 Å². The van der Waals surface area contributed by atoms with Crippen LogP contribution in [0.2, 0.25) is 0 Å². The van der Waals surface area contributed by atoms with Crippen molar-refractivity contribution in [2.45, 2.75) is 10.4 Å². The average Bonchev–Trinajstić information content (AvgIpc) is 3.19. The number of hydrogen-bond donors (Lipinski definition) is 1. The van der Waals surface area contributed by atoms with E-state index in [9.17, 15) is 9.59 Å². The standard InChI is InChI=1S/C19H15N3O4S2/c23-13(12-6-2-1-3-7-12)11-27-19-22-21-18(28-19)20-17(24)16-10-25-14-8-4-5-9-15(14)26-16/h1-9,16H,10-11H2,(H,20,21,24)/t16-/m0/s1. The second-order valence-corrected chi connectivity index (χ2v) is 8.00. The summed E-state index contributed by atoms with van der Waals surface area (Å²) < 4.78 is 11.8. The monoisotopic (exact) mass is 413 g/mol. The number of nitrogens with zero attached hydrogens (tertiary/aromatic N) is 2. The Hall–Kier alpha value is -2.91. The number of benzene rings is 2. The molecule has 2 heterocycles. The topological polar surface area (TPSA) is 90.4 Å². The summed E-state index contributed by atoms with van der Waals surface area (Å²) in [7, 11) is 0. The fraction of sp³-hybridized carbons (Fsp3) is 0.158. The van der Waals surface area contributed by atoms with Gasteiger partial charge in [0.25, 0.3) is 5.91 Å². The third kappa shape index (κ3) is 4.32. The maximum absolute atomic E-state index is 12.4. The minimum absolute atomic E-state index is 0.0119. The highest BCUT2D eigenvalue weighted by Crippen LogP contribution is 2.31. The van der Waals surface area contributed by atoms with Crippen LogP contribution < -0.4 is 14.8 Å². The molecule has 1 amide bonds. The Morgan fingerprint density at radius 1 is 1.07 bits per heavy atom. The highest BCUT2D eigenvalue weighted by molar-refractivity contribution is 8.01. The lowest BCUT2D eigenvalue weighted by Gasteiger charge is -2.25. The molecule has 9 heteroatoms. The molecule has 3 aromatic rings. The van der Waals surface area contributed by atoms with E-state index in [1.54, 1.807) is 24.3 Å². The SMILES string of the molecule is O=C(CSc1nnc(NC(=O)[C@@H]2COc3ccccc3O2)s1)c1ccccc1. The Bertz CT molecular complexity index is 994. The van der Waals surface area contributed by atoms with Crippen LogP contribution in [0.1, 0.15) is 10.4 Å². The van der Waals surface area contributed by atoms with E-state index in [1.165, 1.54) is 23.1 Å². The van der Waals surface area contributed by atoms with Crippen LogP contribution in [0.3, 0.4) is 0 Å². The molecule has 1 N–H and O–H groups in total. The number of fused-ring (bicyclic) bond motifs is 1. The predicted octanol–water partition coefficient (Wildman–Crippen LogP) is 3.29. The van der Waals surface area contributed by atoms with Crippen molar-refractivity contribution in [1.82, 2.24) is 10.2 Å². The van der Waals surface area contributed by atoms with Crippen molar-refractivity contribution < 1.29 is 19.1 Å². The van der Waals surface area contributed by atoms with Gasteiger partial charge in [-0.25, -0.2) is 0 Å². The summed E-state index contributed by atoms with van der Waals surface area (Å²) in [5.74, 6) is 1.05. The zero-order valence-corrected chi connectivity index (χ0v) is 16.2. The lowest BCUT2D eigenvalue weighted by molar-refractivity contribution is -0.125. The van der Waals surface area contributed by atoms with Crippen molar-refractivity contribution in [3.8, 4) is 11.5 Å². The maximum atomic E-state index is 12.4. The van der Waals surface area contributed by atoms with Gasteiger partial charge >= 0.3 is 0 Å². The van der Waals surface area contributed by atoms with Gasteiger partial charge in [-0.3, -0.25) is 14.9 Å². The highest BCUT2D eigenvalue weighted by atomic mass is 32.2. The van der Waals surface area contributed by atoms with Crippen LogP contribution in [0.5, 0.6) is 11.5 Å². The van der Waals surface area contributed by atoms with Crippen molar-refractivity contribution >= 4 is 39.9 Å². The van der Waals surface area contributed by atoms with E-state index >= 15 is 0 Å². The van der Waals surface area contributed by atoms with Crippen molar-refractivity contribution in [2.24, 2.45) is 0 Å². The molecule has 0 bridgehead atoms. The Labute approximate surface area is 169 Å². The lowest BCUT2D eigenvalue weighted by Crippen LogP contribution is -2.40. The summed E-state index contributed by atoms with van der Waals surface area (Å²) in [4.78, 5) is 24.5. The van der Waals surface area contributed by atoms with Gasteiger partial charge in [-0.1, -0.05) is 65.6 Å². The highest BCUT2D eigenvalue weighted by Gasteiger charge is 2.28. The second kappa shape index (κ2) is 8.41. The first kappa shape index (κ1) is 18.5. The number of para-hydroxylation sites is 2. The van der Waals surface area contributed by atoms with Crippen LogP contribution in [-0.2, 0) is 4.79 Å². The molecule has 0 saturated carbocycles. The molecule has 1 aliphatic heterocycles. The van der Waals surface area contributed by atoms with E-state index in [4.69, 9.17) is 9.47 Å². The zero-order valence-electron chi connectivity index (χ0n) is 14.5. The normalized spacial score (nSPS) is 15.1. The molecular formula is C19H15N3O4S2. The first-order chi connectivity index (χ1) is 13.7. The molecule has 4 rings (SSSR count). The number of amides is 1. The van der Waals surface area contributed by atoms with E-state index in [2.05, 4.69) is 15.5 Å². The average molecular weight is 413 g/mol. The molecular weight excluding hydrogens is 398 g/mol. The van der Waals surface area contributed by atoms with Gasteiger partial charge in [-0.05, 0) is 12.1 Å². The molecule has 0 fully saturated rings. The van der Waals surface area contributed by atoms with Crippen LogP contribution >= 0.6 is 23.1 Å². The fourth-order valence-corrected chi connectivity index (χ4v) is 4.14. The molecule has 142 valence electrons. The van der Waals surface area contributed by atoms with E-state index in [1.807, 2.05) is 30.3 Å². The number of Topliss-reactive ketones (excluding diaryl/α,β-unsaturated/α-hetero) is 1. The maximum Gasteiger partial charge on any atom is 0.270 e. The molecule has 2 aromatic carbocycles. The predicted molar refractivity (Wildman–Crippen MR) is 106 cm³/mol. The van der Waals surface area contributed by atoms with Crippen LogP contribution in [0.15, 0.2) is 58.9 Å². The van der Waals surface area contributed by atoms with Gasteiger partial charge in [0.2, 0.25) is 11.2 Å². The number of carbonyl (C=O) groups is 2. The van der Waals surface area contributed by atoms with E-state index in [0.717, 1.165) is 0 Å². The fourth-order valence-electron chi connectivity index (χ4n) is 2.49. The van der Waals surface area contributed by atoms with Gasteiger partial charge in [-0.15, -0.1) is 10.2 Å².